The Morgan fingerprint density at radius 1 is 1.00 bits per heavy atom. The molecule has 2 aromatic rings. The molecular weight excluding hydrogens is 458 g/mol. The van der Waals surface area contributed by atoms with Crippen molar-refractivity contribution >= 4 is 46.0 Å². The van der Waals surface area contributed by atoms with E-state index in [4.69, 9.17) is 11.6 Å². The van der Waals surface area contributed by atoms with Gasteiger partial charge in [-0.25, -0.2) is 0 Å². The summed E-state index contributed by atoms with van der Waals surface area (Å²) in [6.45, 7) is 3.69. The summed E-state index contributed by atoms with van der Waals surface area (Å²) in [7, 11) is 3.69. The minimum absolute atomic E-state index is 0.0250. The van der Waals surface area contributed by atoms with Gasteiger partial charge in [0.2, 0.25) is 5.91 Å². The van der Waals surface area contributed by atoms with Crippen LogP contribution in [0.2, 0.25) is 4.34 Å². The second-order valence-corrected chi connectivity index (χ2v) is 10.0. The number of hydrogen-bond acceptors (Lipinski definition) is 7. The second kappa shape index (κ2) is 9.96. The fraction of sp³-hybridized carbons (Fsp3) is 0.375. The molecule has 3 heterocycles. The molecule has 0 atom stereocenters. The van der Waals surface area contributed by atoms with Crippen LogP contribution in [-0.4, -0.2) is 61.8 Å². The number of thiophene rings is 1. The predicted molar refractivity (Wildman–Crippen MR) is 131 cm³/mol. The fourth-order valence-corrected chi connectivity index (χ4v) is 5.50. The lowest BCUT2D eigenvalue weighted by Crippen LogP contribution is -2.48. The van der Waals surface area contributed by atoms with Crippen molar-refractivity contribution in [2.75, 3.05) is 50.1 Å². The molecule has 0 unspecified atom stereocenters. The van der Waals surface area contributed by atoms with Crippen LogP contribution in [0.1, 0.15) is 17.7 Å². The standard InChI is InChI=1S/C24H26ClN5O2S/c1-27-19-5-3-4-6-20(19)28(2)24(27)18(15-26)21(31)8-10-23(32)30-13-11-29(12-14-30)16-17-7-9-22(25)33-17/h3-7,9H,8,10-14,16H2,1-2H3. The molecule has 33 heavy (non-hydrogen) atoms. The van der Waals surface area contributed by atoms with E-state index in [9.17, 15) is 14.9 Å². The number of amides is 1. The molecule has 2 aliphatic heterocycles. The topological polar surface area (TPSA) is 70.9 Å². The first-order valence-corrected chi connectivity index (χ1v) is 12.1. The molecule has 172 valence electrons. The molecule has 0 spiro atoms. The minimum Gasteiger partial charge on any atom is -0.340 e. The van der Waals surface area contributed by atoms with Gasteiger partial charge in [0.15, 0.2) is 5.78 Å². The predicted octanol–water partition coefficient (Wildman–Crippen LogP) is 3.72. The Morgan fingerprint density at radius 2 is 1.64 bits per heavy atom. The van der Waals surface area contributed by atoms with E-state index in [0.717, 1.165) is 35.3 Å². The van der Waals surface area contributed by atoms with Gasteiger partial charge in [-0.2, -0.15) is 5.26 Å². The van der Waals surface area contributed by atoms with Gasteiger partial charge in [0.05, 0.1) is 15.7 Å². The largest absolute Gasteiger partial charge is 0.340 e. The summed E-state index contributed by atoms with van der Waals surface area (Å²) in [5.74, 6) is 0.208. The summed E-state index contributed by atoms with van der Waals surface area (Å²) in [6, 6.07) is 13.8. The van der Waals surface area contributed by atoms with Crippen LogP contribution in [0.15, 0.2) is 47.8 Å². The first kappa shape index (κ1) is 23.3. The van der Waals surface area contributed by atoms with Crippen LogP contribution < -0.4 is 9.80 Å². The molecule has 2 aliphatic rings. The molecular formula is C24H26ClN5O2S. The number of hydrogen-bond donors (Lipinski definition) is 0. The van der Waals surface area contributed by atoms with Gasteiger partial charge in [-0.05, 0) is 24.3 Å². The zero-order valence-electron chi connectivity index (χ0n) is 18.8. The average molecular weight is 484 g/mol. The molecule has 0 saturated carbocycles. The molecule has 4 rings (SSSR count). The van der Waals surface area contributed by atoms with Gasteiger partial charge in [0.25, 0.3) is 0 Å². The quantitative estimate of drug-likeness (QED) is 0.460. The normalized spacial score (nSPS) is 16.1. The number of anilines is 2. The van der Waals surface area contributed by atoms with Gasteiger partial charge >= 0.3 is 0 Å². The minimum atomic E-state index is -0.305. The Morgan fingerprint density at radius 3 is 2.18 bits per heavy atom. The Labute approximate surface area is 203 Å². The SMILES string of the molecule is CN1C(=C(C#N)C(=O)CCC(=O)N2CCN(Cc3ccc(Cl)s3)CC2)N(C)c2ccccc21. The Balaban J connectivity index is 1.32. The highest BCUT2D eigenvalue weighted by atomic mass is 35.5. The van der Waals surface area contributed by atoms with E-state index in [0.29, 0.717) is 18.9 Å². The van der Waals surface area contributed by atoms with Crippen LogP contribution >= 0.6 is 22.9 Å². The summed E-state index contributed by atoms with van der Waals surface area (Å²) < 4.78 is 0.786. The van der Waals surface area contributed by atoms with Gasteiger partial charge in [0, 0.05) is 64.5 Å². The number of nitriles is 1. The summed E-state index contributed by atoms with van der Waals surface area (Å²) in [4.78, 5) is 34.7. The van der Waals surface area contributed by atoms with Crippen molar-refractivity contribution in [3.8, 4) is 6.07 Å². The van der Waals surface area contributed by atoms with E-state index < -0.39 is 0 Å². The number of para-hydroxylation sites is 2. The maximum atomic E-state index is 12.9. The van der Waals surface area contributed by atoms with E-state index in [1.807, 2.05) is 65.2 Å². The number of allylic oxidation sites excluding steroid dienone is 1. The first-order chi connectivity index (χ1) is 15.9. The highest BCUT2D eigenvalue weighted by molar-refractivity contribution is 7.16. The van der Waals surface area contributed by atoms with Gasteiger partial charge in [0.1, 0.15) is 17.5 Å². The monoisotopic (exact) mass is 483 g/mol. The molecule has 1 fully saturated rings. The highest BCUT2D eigenvalue weighted by Gasteiger charge is 2.31. The van der Waals surface area contributed by atoms with Crippen LogP contribution in [0.25, 0.3) is 0 Å². The number of rotatable bonds is 6. The third-order valence-corrected chi connectivity index (χ3v) is 7.37. The number of carbonyl (C=O) groups excluding carboxylic acids is 2. The maximum absolute atomic E-state index is 12.9. The molecule has 1 amide bonds. The average Bonchev–Trinajstić information content (AvgIpc) is 3.34. The number of fused-ring (bicyclic) bond motifs is 1. The van der Waals surface area contributed by atoms with E-state index in [2.05, 4.69) is 11.0 Å². The molecule has 0 bridgehead atoms. The lowest BCUT2D eigenvalue weighted by atomic mass is 10.1. The van der Waals surface area contributed by atoms with Crippen molar-refractivity contribution < 1.29 is 9.59 Å². The first-order valence-electron chi connectivity index (χ1n) is 10.9. The summed E-state index contributed by atoms with van der Waals surface area (Å²) >= 11 is 7.59. The van der Waals surface area contributed by atoms with Crippen molar-refractivity contribution in [3.63, 3.8) is 0 Å². The summed E-state index contributed by atoms with van der Waals surface area (Å²) in [5, 5.41) is 9.75. The lowest BCUT2D eigenvalue weighted by Gasteiger charge is -2.34. The molecule has 0 N–H and O–H groups in total. The molecule has 1 aromatic carbocycles. The van der Waals surface area contributed by atoms with Crippen LogP contribution in [0, 0.1) is 11.3 Å². The van der Waals surface area contributed by atoms with Gasteiger partial charge < -0.3 is 14.7 Å². The molecule has 7 nitrogen and oxygen atoms in total. The number of Topliss-reactive ketones (excluding diaryl/α,β-unsaturated/α-hetero) is 1. The molecule has 1 saturated heterocycles. The van der Waals surface area contributed by atoms with Crippen LogP contribution in [0.5, 0.6) is 0 Å². The van der Waals surface area contributed by atoms with Crippen LogP contribution in [-0.2, 0) is 16.1 Å². The molecule has 0 radical (unpaired) electrons. The smallest absolute Gasteiger partial charge is 0.223 e. The van der Waals surface area contributed by atoms with Crippen LogP contribution in [0.4, 0.5) is 11.4 Å². The van der Waals surface area contributed by atoms with Crippen molar-refractivity contribution in [3.05, 3.63) is 57.0 Å². The number of carbonyl (C=O) groups is 2. The number of ketones is 1. The van der Waals surface area contributed by atoms with Crippen molar-refractivity contribution in [1.29, 1.82) is 5.26 Å². The number of benzene rings is 1. The zero-order chi connectivity index (χ0) is 23.5. The van der Waals surface area contributed by atoms with Crippen molar-refractivity contribution in [2.24, 2.45) is 0 Å². The second-order valence-electron chi connectivity index (χ2n) is 8.20. The summed E-state index contributed by atoms with van der Waals surface area (Å²) in [6.07, 6.45) is 0.134. The van der Waals surface area contributed by atoms with E-state index in [1.165, 1.54) is 4.88 Å². The molecule has 0 aliphatic carbocycles. The fourth-order valence-electron chi connectivity index (χ4n) is 4.37. The van der Waals surface area contributed by atoms with E-state index in [-0.39, 0.29) is 30.1 Å². The van der Waals surface area contributed by atoms with Crippen LogP contribution in [0.3, 0.4) is 0 Å². The van der Waals surface area contributed by atoms with Crippen molar-refractivity contribution in [1.82, 2.24) is 9.80 Å². The number of nitrogens with zero attached hydrogens (tertiary/aromatic N) is 5. The van der Waals surface area contributed by atoms with Gasteiger partial charge in [-0.15, -0.1) is 11.3 Å². The number of halogens is 1. The van der Waals surface area contributed by atoms with Gasteiger partial charge in [-0.3, -0.25) is 14.5 Å². The van der Waals surface area contributed by atoms with Crippen molar-refractivity contribution in [2.45, 2.75) is 19.4 Å². The van der Waals surface area contributed by atoms with E-state index >= 15 is 0 Å². The van der Waals surface area contributed by atoms with E-state index in [1.54, 1.807) is 11.3 Å². The lowest BCUT2D eigenvalue weighted by molar-refractivity contribution is -0.134. The zero-order valence-corrected chi connectivity index (χ0v) is 20.3. The number of piperazine rings is 1. The molecule has 1 aromatic heterocycles. The van der Waals surface area contributed by atoms with Gasteiger partial charge in [-0.1, -0.05) is 23.7 Å². The summed E-state index contributed by atoms with van der Waals surface area (Å²) in [5.41, 5.74) is 1.96. The Hall–Kier alpha value is -2.86. The molecule has 9 heteroatoms. The Bertz CT molecular complexity index is 1100. The highest BCUT2D eigenvalue weighted by Crippen LogP contribution is 2.40. The third kappa shape index (κ3) is 4.91. The maximum Gasteiger partial charge on any atom is 0.223 e. The third-order valence-electron chi connectivity index (χ3n) is 6.15. The Kier molecular flexibility index (Phi) is 7.03.